The van der Waals surface area contributed by atoms with Crippen molar-refractivity contribution in [2.45, 2.75) is 26.2 Å². The third-order valence-electron chi connectivity index (χ3n) is 2.95. The van der Waals surface area contributed by atoms with Crippen LogP contribution in [-0.4, -0.2) is 28.5 Å². The zero-order valence-corrected chi connectivity index (χ0v) is 9.64. The summed E-state index contributed by atoms with van der Waals surface area (Å²) in [6, 6.07) is 1.60. The first kappa shape index (κ1) is 11.6. The third kappa shape index (κ3) is 2.13. The number of carbonyl (C=O) groups excluding carboxylic acids is 1. The van der Waals surface area contributed by atoms with E-state index in [4.69, 9.17) is 0 Å². The van der Waals surface area contributed by atoms with Crippen molar-refractivity contribution in [1.82, 2.24) is 4.98 Å². The molecule has 5 nitrogen and oxygen atoms in total. The summed E-state index contributed by atoms with van der Waals surface area (Å²) in [5.74, 6) is -1.05. The Morgan fingerprint density at radius 1 is 1.47 bits per heavy atom. The molecular weight excluding hydrogens is 220 g/mol. The van der Waals surface area contributed by atoms with Crippen LogP contribution in [0.5, 0.6) is 0 Å². The molecule has 0 aliphatic carbocycles. The third-order valence-corrected chi connectivity index (χ3v) is 2.95. The molecule has 90 valence electrons. The molecule has 0 atom stereocenters. The minimum absolute atomic E-state index is 0.00986. The Hall–Kier alpha value is -1.91. The molecule has 1 saturated heterocycles. The molecule has 1 aromatic heterocycles. The van der Waals surface area contributed by atoms with Gasteiger partial charge in [0.1, 0.15) is 5.56 Å². The van der Waals surface area contributed by atoms with Crippen molar-refractivity contribution >= 4 is 17.6 Å². The summed E-state index contributed by atoms with van der Waals surface area (Å²) in [6.07, 6.45) is 3.81. The van der Waals surface area contributed by atoms with E-state index < -0.39 is 5.97 Å². The van der Waals surface area contributed by atoms with Crippen LogP contribution in [0.25, 0.3) is 0 Å². The zero-order chi connectivity index (χ0) is 12.4. The highest BCUT2D eigenvalue weighted by Gasteiger charge is 2.25. The number of carbonyl (C=O) groups is 2. The average Bonchev–Trinajstić information content (AvgIpc) is 2.28. The maximum absolute atomic E-state index is 11.8. The van der Waals surface area contributed by atoms with Crippen LogP contribution in [0.15, 0.2) is 12.3 Å². The molecule has 0 saturated carbocycles. The highest BCUT2D eigenvalue weighted by atomic mass is 16.4. The van der Waals surface area contributed by atoms with Gasteiger partial charge in [-0.25, -0.2) is 4.79 Å². The fourth-order valence-corrected chi connectivity index (χ4v) is 2.10. The number of hydrogen-bond acceptors (Lipinski definition) is 3. The van der Waals surface area contributed by atoms with Crippen LogP contribution in [0.4, 0.5) is 5.69 Å². The lowest BCUT2D eigenvalue weighted by Gasteiger charge is -2.28. The molecule has 0 radical (unpaired) electrons. The molecule has 1 aromatic rings. The van der Waals surface area contributed by atoms with Crippen molar-refractivity contribution in [3.63, 3.8) is 0 Å². The Bertz CT molecular complexity index is 471. The second-order valence-corrected chi connectivity index (χ2v) is 4.10. The maximum Gasteiger partial charge on any atom is 0.339 e. The molecule has 0 bridgehead atoms. The molecule has 0 aromatic carbocycles. The number of rotatable bonds is 2. The number of piperidine rings is 1. The van der Waals surface area contributed by atoms with Crippen molar-refractivity contribution < 1.29 is 14.7 Å². The van der Waals surface area contributed by atoms with Gasteiger partial charge in [0, 0.05) is 19.2 Å². The molecule has 0 spiro atoms. The summed E-state index contributed by atoms with van der Waals surface area (Å²) < 4.78 is 0. The molecule has 1 fully saturated rings. The molecule has 1 aliphatic rings. The second-order valence-electron chi connectivity index (χ2n) is 4.10. The van der Waals surface area contributed by atoms with E-state index >= 15 is 0 Å². The average molecular weight is 234 g/mol. The number of carboxylic acid groups (broad SMARTS) is 1. The monoisotopic (exact) mass is 234 g/mol. The molecule has 1 amide bonds. The first-order chi connectivity index (χ1) is 8.11. The normalized spacial score (nSPS) is 16.1. The van der Waals surface area contributed by atoms with Gasteiger partial charge in [-0.2, -0.15) is 0 Å². The minimum Gasteiger partial charge on any atom is -0.478 e. The lowest BCUT2D eigenvalue weighted by molar-refractivity contribution is -0.119. The van der Waals surface area contributed by atoms with Crippen molar-refractivity contribution in [3.8, 4) is 0 Å². The van der Waals surface area contributed by atoms with Crippen molar-refractivity contribution in [3.05, 3.63) is 23.5 Å². The molecule has 1 N–H and O–H groups in total. The van der Waals surface area contributed by atoms with E-state index in [2.05, 4.69) is 4.98 Å². The molecular formula is C12H14N2O3. The van der Waals surface area contributed by atoms with Gasteiger partial charge in [0.15, 0.2) is 0 Å². The van der Waals surface area contributed by atoms with Gasteiger partial charge in [-0.05, 0) is 25.8 Å². The number of carboxylic acids is 1. The largest absolute Gasteiger partial charge is 0.478 e. The fourth-order valence-electron chi connectivity index (χ4n) is 2.10. The van der Waals surface area contributed by atoms with Crippen LogP contribution in [0, 0.1) is 6.92 Å². The lowest BCUT2D eigenvalue weighted by atomic mass is 10.1. The van der Waals surface area contributed by atoms with Gasteiger partial charge in [-0.3, -0.25) is 9.78 Å². The maximum atomic E-state index is 11.8. The first-order valence-corrected chi connectivity index (χ1v) is 5.60. The van der Waals surface area contributed by atoms with E-state index in [9.17, 15) is 14.7 Å². The van der Waals surface area contributed by atoms with E-state index in [1.807, 2.05) is 0 Å². The quantitative estimate of drug-likeness (QED) is 0.843. The summed E-state index contributed by atoms with van der Waals surface area (Å²) in [7, 11) is 0. The molecule has 1 aliphatic heterocycles. The number of pyridine rings is 1. The van der Waals surface area contributed by atoms with E-state index in [1.165, 1.54) is 0 Å². The van der Waals surface area contributed by atoms with Crippen molar-refractivity contribution in [2.75, 3.05) is 11.4 Å². The zero-order valence-electron chi connectivity index (χ0n) is 9.64. The highest BCUT2D eigenvalue weighted by molar-refractivity contribution is 6.02. The first-order valence-electron chi connectivity index (χ1n) is 5.60. The van der Waals surface area contributed by atoms with Gasteiger partial charge in [-0.15, -0.1) is 0 Å². The molecule has 0 unspecified atom stereocenters. The van der Waals surface area contributed by atoms with Crippen LogP contribution in [0.2, 0.25) is 0 Å². The second kappa shape index (κ2) is 4.53. The molecule has 5 heteroatoms. The minimum atomic E-state index is -1.04. The van der Waals surface area contributed by atoms with Gasteiger partial charge >= 0.3 is 5.97 Å². The van der Waals surface area contributed by atoms with Gasteiger partial charge in [-0.1, -0.05) is 0 Å². The van der Waals surface area contributed by atoms with E-state index in [0.29, 0.717) is 24.3 Å². The number of nitrogens with zero attached hydrogens (tertiary/aromatic N) is 2. The van der Waals surface area contributed by atoms with Gasteiger partial charge < -0.3 is 10.0 Å². The van der Waals surface area contributed by atoms with E-state index in [-0.39, 0.29) is 11.5 Å². The van der Waals surface area contributed by atoms with Crippen LogP contribution in [0.3, 0.4) is 0 Å². The molecule has 17 heavy (non-hydrogen) atoms. The van der Waals surface area contributed by atoms with Crippen LogP contribution in [-0.2, 0) is 4.79 Å². The highest BCUT2D eigenvalue weighted by Crippen LogP contribution is 2.26. The molecule has 2 rings (SSSR count). The summed E-state index contributed by atoms with van der Waals surface area (Å²) in [6.45, 7) is 2.23. The van der Waals surface area contributed by atoms with Crippen molar-refractivity contribution in [2.24, 2.45) is 0 Å². The number of aryl methyl sites for hydroxylation is 1. The summed E-state index contributed by atoms with van der Waals surface area (Å²) in [5, 5.41) is 9.19. The predicted octanol–water partition coefficient (Wildman–Crippen LogP) is 1.61. The van der Waals surface area contributed by atoms with Crippen LogP contribution in [0.1, 0.15) is 35.3 Å². The van der Waals surface area contributed by atoms with Gasteiger partial charge in [0.05, 0.1) is 11.4 Å². The Morgan fingerprint density at radius 2 is 2.24 bits per heavy atom. The fraction of sp³-hybridized carbons (Fsp3) is 0.417. The summed E-state index contributed by atoms with van der Waals surface area (Å²) >= 11 is 0. The van der Waals surface area contributed by atoms with Gasteiger partial charge in [0.2, 0.25) is 5.91 Å². The predicted molar refractivity (Wildman–Crippen MR) is 62.1 cm³/mol. The number of hydrogen-bond donors (Lipinski definition) is 1. The number of aromatic nitrogens is 1. The van der Waals surface area contributed by atoms with Crippen LogP contribution < -0.4 is 4.90 Å². The number of aromatic carboxylic acids is 1. The summed E-state index contributed by atoms with van der Waals surface area (Å²) in [4.78, 5) is 28.5. The van der Waals surface area contributed by atoms with E-state index in [1.54, 1.807) is 24.1 Å². The summed E-state index contributed by atoms with van der Waals surface area (Å²) in [5.41, 5.74) is 1.03. The standard InChI is InChI=1S/C12H14N2O3/c1-8-11(12(16)17)9(5-6-13-8)14-7-3-2-4-10(14)15/h5-6H,2-4,7H2,1H3,(H,16,17). The Kier molecular flexibility index (Phi) is 3.08. The lowest BCUT2D eigenvalue weighted by Crippen LogP contribution is -2.36. The van der Waals surface area contributed by atoms with Crippen molar-refractivity contribution in [1.29, 1.82) is 0 Å². The molecule has 2 heterocycles. The van der Waals surface area contributed by atoms with E-state index in [0.717, 1.165) is 12.8 Å². The number of amides is 1. The Labute approximate surface area is 99.1 Å². The Balaban J connectivity index is 2.47. The topological polar surface area (TPSA) is 70.5 Å². The Morgan fingerprint density at radius 3 is 2.88 bits per heavy atom. The SMILES string of the molecule is Cc1nccc(N2CCCCC2=O)c1C(=O)O. The number of anilines is 1. The smallest absolute Gasteiger partial charge is 0.339 e. The van der Waals surface area contributed by atoms with Gasteiger partial charge in [0.25, 0.3) is 0 Å². The van der Waals surface area contributed by atoms with Crippen LogP contribution >= 0.6 is 0 Å².